The second kappa shape index (κ2) is 30.9. The molecule has 20 heteroatoms. The molecule has 1 saturated heterocycles. The van der Waals surface area contributed by atoms with E-state index in [1.165, 1.54) is 29.1 Å². The van der Waals surface area contributed by atoms with Gasteiger partial charge in [0.15, 0.2) is 0 Å². The molecule has 3 aromatic heterocycles. The number of hydrogen-bond donors (Lipinski definition) is 4. The zero-order chi connectivity index (χ0) is 53.5. The van der Waals surface area contributed by atoms with Gasteiger partial charge < -0.3 is 49.9 Å². The summed E-state index contributed by atoms with van der Waals surface area (Å²) in [6.45, 7) is 11.9. The first-order valence-electron chi connectivity index (χ1n) is 26.7. The number of carbonyl (C=O) groups is 4. The van der Waals surface area contributed by atoms with Crippen LogP contribution in [0.3, 0.4) is 0 Å². The molecule has 18 nitrogen and oxygen atoms in total. The molecule has 1 saturated carbocycles. The number of likely N-dealkylation sites (N-methyl/N-ethyl adjacent to an activating group) is 1. The Morgan fingerprint density at radius 1 is 0.750 bits per heavy atom. The van der Waals surface area contributed by atoms with Crippen LogP contribution in [0.5, 0.6) is 5.75 Å². The molecule has 2 aliphatic rings. The lowest BCUT2D eigenvalue weighted by molar-refractivity contribution is -0.141. The molecular weight excluding hydrogens is 1010 g/mol. The first-order valence-corrected chi connectivity index (χ1v) is 28.5. The molecule has 1 aliphatic heterocycles. The van der Waals surface area contributed by atoms with Crippen LogP contribution in [0, 0.1) is 17.8 Å². The van der Waals surface area contributed by atoms with Gasteiger partial charge in [0.2, 0.25) is 17.6 Å². The minimum atomic E-state index is -0.333. The van der Waals surface area contributed by atoms with Crippen LogP contribution in [0.4, 0.5) is 11.8 Å². The van der Waals surface area contributed by atoms with E-state index >= 15 is 0 Å². The Kier molecular flexibility index (Phi) is 23.5. The van der Waals surface area contributed by atoms with E-state index < -0.39 is 0 Å². The Labute approximate surface area is 454 Å². The van der Waals surface area contributed by atoms with Crippen molar-refractivity contribution in [3.05, 3.63) is 99.1 Å². The lowest BCUT2D eigenvalue weighted by atomic mass is 9.76. The Morgan fingerprint density at radius 2 is 1.47 bits per heavy atom. The van der Waals surface area contributed by atoms with Gasteiger partial charge in [0.05, 0.1) is 77.2 Å². The third kappa shape index (κ3) is 17.9. The SMILES string of the molecule is CN[C@@H](C)C(=O)C[C@H](C(=O)N1CCC[C@H]1c1nc(C(=O)c2cccc(OCCOCCOCCOCCOCCNC(=O)c3ccc(-c4nc(CNc5nccc(NCC(C)C)n5)cs4)cc3)c2)cs1)C1CCCCC1. The summed E-state index contributed by atoms with van der Waals surface area (Å²) in [6, 6.07) is 15.8. The molecule has 7 rings (SSSR count). The summed E-state index contributed by atoms with van der Waals surface area (Å²) in [5.41, 5.74) is 3.17. The number of hydrogen-bond acceptors (Lipinski definition) is 18. The average molecular weight is 1080 g/mol. The van der Waals surface area contributed by atoms with Crippen molar-refractivity contribution < 1.29 is 42.9 Å². The molecule has 5 aromatic rings. The normalized spacial score (nSPS) is 15.6. The minimum Gasteiger partial charge on any atom is -0.491 e. The molecule has 1 aliphatic carbocycles. The van der Waals surface area contributed by atoms with E-state index in [1.54, 1.807) is 55.0 Å². The average Bonchev–Trinajstić information content (AvgIpc) is 4.26. The summed E-state index contributed by atoms with van der Waals surface area (Å²) >= 11 is 2.95. The summed E-state index contributed by atoms with van der Waals surface area (Å²) in [5.74, 6) is 1.99. The van der Waals surface area contributed by atoms with Gasteiger partial charge in [-0.3, -0.25) is 19.2 Å². The number of nitrogens with zero attached hydrogens (tertiary/aromatic N) is 5. The van der Waals surface area contributed by atoms with Crippen molar-refractivity contribution in [2.45, 2.75) is 90.8 Å². The zero-order valence-electron chi connectivity index (χ0n) is 44.4. The van der Waals surface area contributed by atoms with Crippen molar-refractivity contribution in [3.8, 4) is 16.3 Å². The van der Waals surface area contributed by atoms with Crippen molar-refractivity contribution >= 4 is 57.8 Å². The fourth-order valence-corrected chi connectivity index (χ4v) is 10.9. The van der Waals surface area contributed by atoms with E-state index in [1.807, 2.05) is 35.4 Å². The Bertz CT molecular complexity index is 2590. The van der Waals surface area contributed by atoms with Crippen LogP contribution in [0.25, 0.3) is 10.6 Å². The summed E-state index contributed by atoms with van der Waals surface area (Å²) in [7, 11) is 1.78. The van der Waals surface area contributed by atoms with Gasteiger partial charge in [0, 0.05) is 65.6 Å². The Morgan fingerprint density at radius 3 is 2.20 bits per heavy atom. The summed E-state index contributed by atoms with van der Waals surface area (Å²) in [5, 5.41) is 17.9. The molecule has 0 bridgehead atoms. The standard InChI is InChI=1S/C56H75N9O9S2/c1-38(2)34-60-50-19-20-59-56(64-50)61-35-44-36-75-53(62-44)42-17-15-41(16-18-42)52(68)58-21-23-70-24-25-71-26-27-72-28-29-73-30-31-74-45-13-8-12-43(32-45)51(67)47-37-76-54(63-47)48-14-9-22-65(48)55(69)46(33-49(66)39(3)57-4)40-10-6-5-7-11-40/h8,12-13,15-20,32,36-40,46,48,57H,5-7,9-11,14,21-31,33-35H2,1-4H3,(H,58,68)(H2,59,60,61,64)/t39-,46-,48-/m0/s1. The fourth-order valence-electron chi connectivity index (χ4n) is 9.09. The number of benzene rings is 2. The number of anilines is 2. The number of aromatic nitrogens is 4. The van der Waals surface area contributed by atoms with Crippen LogP contribution in [-0.4, -0.2) is 140 Å². The maximum atomic E-state index is 14.2. The minimum absolute atomic E-state index is 0.0502. The van der Waals surface area contributed by atoms with Gasteiger partial charge in [0.25, 0.3) is 5.91 Å². The molecule has 0 radical (unpaired) electrons. The molecule has 4 N–H and O–H groups in total. The highest BCUT2D eigenvalue weighted by Gasteiger charge is 2.40. The Hall–Kier alpha value is -5.74. The predicted octanol–water partition coefficient (Wildman–Crippen LogP) is 8.27. The van der Waals surface area contributed by atoms with Gasteiger partial charge in [-0.05, 0) is 81.8 Å². The number of Topliss-reactive ketones (excluding diaryl/α,β-unsaturated/α-hetero) is 1. The maximum absolute atomic E-state index is 14.2. The molecule has 410 valence electrons. The summed E-state index contributed by atoms with van der Waals surface area (Å²) in [4.78, 5) is 74.0. The first-order chi connectivity index (χ1) is 37.1. The van der Waals surface area contributed by atoms with Crippen molar-refractivity contribution in [2.75, 3.05) is 96.8 Å². The number of likely N-dealkylation sites (tertiary alicyclic amines) is 1. The quantitative estimate of drug-likeness (QED) is 0.0230. The predicted molar refractivity (Wildman–Crippen MR) is 295 cm³/mol. The highest BCUT2D eigenvalue weighted by Crippen LogP contribution is 2.39. The number of amides is 2. The van der Waals surface area contributed by atoms with Crippen LogP contribution in [0.1, 0.15) is 115 Å². The van der Waals surface area contributed by atoms with Crippen LogP contribution < -0.4 is 26.0 Å². The number of rotatable bonds is 33. The lowest BCUT2D eigenvalue weighted by Crippen LogP contribution is -2.42. The van der Waals surface area contributed by atoms with Crippen LogP contribution in [0.15, 0.2) is 71.6 Å². The highest BCUT2D eigenvalue weighted by atomic mass is 32.1. The van der Waals surface area contributed by atoms with Crippen LogP contribution in [0.2, 0.25) is 0 Å². The second-order valence-corrected chi connectivity index (χ2v) is 21.2. The van der Waals surface area contributed by atoms with Gasteiger partial charge >= 0.3 is 0 Å². The number of ether oxygens (including phenoxy) is 5. The maximum Gasteiger partial charge on any atom is 0.251 e. The van der Waals surface area contributed by atoms with Crippen molar-refractivity contribution in [3.63, 3.8) is 0 Å². The van der Waals surface area contributed by atoms with Gasteiger partial charge in [-0.2, -0.15) is 4.98 Å². The number of carbonyl (C=O) groups excluding carboxylic acids is 4. The van der Waals surface area contributed by atoms with E-state index in [4.69, 9.17) is 33.7 Å². The molecule has 3 atom stereocenters. The third-order valence-electron chi connectivity index (χ3n) is 13.4. The van der Waals surface area contributed by atoms with Gasteiger partial charge in [0.1, 0.15) is 39.7 Å². The van der Waals surface area contributed by atoms with Crippen molar-refractivity contribution in [2.24, 2.45) is 17.8 Å². The molecular formula is C56H75N9O9S2. The molecule has 0 spiro atoms. The second-order valence-electron chi connectivity index (χ2n) is 19.5. The first kappa shape index (κ1) is 58.0. The van der Waals surface area contributed by atoms with E-state index in [0.29, 0.717) is 114 Å². The molecule has 4 heterocycles. The number of thiazole rings is 2. The molecule has 2 fully saturated rings. The van der Waals surface area contributed by atoms with Crippen LogP contribution >= 0.6 is 22.7 Å². The zero-order valence-corrected chi connectivity index (χ0v) is 46.0. The van der Waals surface area contributed by atoms with Crippen molar-refractivity contribution in [1.82, 2.24) is 35.5 Å². The van der Waals surface area contributed by atoms with E-state index in [9.17, 15) is 19.2 Å². The molecule has 76 heavy (non-hydrogen) atoms. The highest BCUT2D eigenvalue weighted by molar-refractivity contribution is 7.13. The molecule has 0 unspecified atom stereocenters. The van der Waals surface area contributed by atoms with E-state index in [0.717, 1.165) is 72.2 Å². The summed E-state index contributed by atoms with van der Waals surface area (Å²) < 4.78 is 28.4. The number of nitrogens with one attached hydrogen (secondary N) is 4. The summed E-state index contributed by atoms with van der Waals surface area (Å²) in [6.07, 6.45) is 8.92. The van der Waals surface area contributed by atoms with E-state index in [2.05, 4.69) is 45.1 Å². The monoisotopic (exact) mass is 1080 g/mol. The van der Waals surface area contributed by atoms with Crippen molar-refractivity contribution in [1.29, 1.82) is 0 Å². The molecule has 2 amide bonds. The van der Waals surface area contributed by atoms with Crippen LogP contribution in [-0.2, 0) is 35.1 Å². The van der Waals surface area contributed by atoms with E-state index in [-0.39, 0.29) is 53.7 Å². The lowest BCUT2D eigenvalue weighted by Gasteiger charge is -2.34. The Balaban J connectivity index is 0.701. The third-order valence-corrected chi connectivity index (χ3v) is 15.3. The topological polar surface area (TPSA) is 217 Å². The van der Waals surface area contributed by atoms with Gasteiger partial charge in [-0.1, -0.05) is 57.4 Å². The van der Waals surface area contributed by atoms with Gasteiger partial charge in [-0.25, -0.2) is 15.0 Å². The largest absolute Gasteiger partial charge is 0.491 e. The fraction of sp³-hybridized carbons (Fsp3) is 0.536. The smallest absolute Gasteiger partial charge is 0.251 e. The molecule has 2 aromatic carbocycles. The number of ketones is 2. The van der Waals surface area contributed by atoms with Gasteiger partial charge in [-0.15, -0.1) is 22.7 Å².